The topological polar surface area (TPSA) is 114 Å². The van der Waals surface area contributed by atoms with Gasteiger partial charge in [-0.05, 0) is 29.8 Å². The van der Waals surface area contributed by atoms with Gasteiger partial charge in [0.15, 0.2) is 17.2 Å². The van der Waals surface area contributed by atoms with Crippen molar-refractivity contribution in [2.75, 3.05) is 31.5 Å². The average Bonchev–Trinajstić information content (AvgIpc) is 3.23. The van der Waals surface area contributed by atoms with Crippen LogP contribution in [0.25, 0.3) is 5.65 Å². The van der Waals surface area contributed by atoms with E-state index in [1.54, 1.807) is 25.4 Å². The van der Waals surface area contributed by atoms with E-state index in [1.807, 2.05) is 42.3 Å². The number of hydrogen-bond acceptors (Lipinski definition) is 8. The number of nitrogens with one attached hydrogen (secondary N) is 1. The summed E-state index contributed by atoms with van der Waals surface area (Å²) < 4.78 is 11.8. The van der Waals surface area contributed by atoms with E-state index in [0.29, 0.717) is 35.3 Å². The van der Waals surface area contributed by atoms with Gasteiger partial charge in [-0.1, -0.05) is 12.1 Å². The fourth-order valence-electron chi connectivity index (χ4n) is 3.32. The molecule has 0 saturated heterocycles. The summed E-state index contributed by atoms with van der Waals surface area (Å²) >= 11 is 0. The van der Waals surface area contributed by atoms with Crippen molar-refractivity contribution in [1.29, 1.82) is 0 Å². The van der Waals surface area contributed by atoms with Crippen LogP contribution >= 0.6 is 0 Å². The minimum atomic E-state index is -1.12. The number of carboxylic acid groups (broad SMARTS) is 1. The number of carbonyl (C=O) groups is 1. The van der Waals surface area contributed by atoms with Gasteiger partial charge in [0.25, 0.3) is 0 Å². The highest BCUT2D eigenvalue weighted by molar-refractivity contribution is 5.88. The Balaban J connectivity index is 1.75. The summed E-state index contributed by atoms with van der Waals surface area (Å²) in [4.78, 5) is 22.2. The van der Waals surface area contributed by atoms with Crippen LogP contribution in [-0.4, -0.2) is 51.9 Å². The number of anilines is 3. The molecule has 0 aliphatic carbocycles. The lowest BCUT2D eigenvalue weighted by atomic mass is 10.2. The number of rotatable bonds is 8. The molecule has 4 aromatic rings. The van der Waals surface area contributed by atoms with Crippen LogP contribution in [0.15, 0.2) is 54.9 Å². The largest absolute Gasteiger partial charge is 0.497 e. The maximum Gasteiger partial charge on any atom is 0.356 e. The molecule has 3 aromatic heterocycles. The van der Waals surface area contributed by atoms with Gasteiger partial charge < -0.3 is 24.8 Å². The fraction of sp³-hybridized carbons (Fsp3) is 0.182. The molecule has 32 heavy (non-hydrogen) atoms. The van der Waals surface area contributed by atoms with Gasteiger partial charge in [-0.2, -0.15) is 0 Å². The molecule has 0 atom stereocenters. The maximum absolute atomic E-state index is 11.7. The first kappa shape index (κ1) is 20.9. The molecule has 0 fully saturated rings. The molecule has 0 bridgehead atoms. The van der Waals surface area contributed by atoms with E-state index in [9.17, 15) is 9.90 Å². The minimum absolute atomic E-state index is 0.0408. The van der Waals surface area contributed by atoms with E-state index in [-0.39, 0.29) is 5.69 Å². The van der Waals surface area contributed by atoms with Gasteiger partial charge in [-0.25, -0.2) is 19.3 Å². The Morgan fingerprint density at radius 1 is 1.16 bits per heavy atom. The summed E-state index contributed by atoms with van der Waals surface area (Å²) in [5.41, 5.74) is 2.75. The third kappa shape index (κ3) is 4.10. The average molecular weight is 434 g/mol. The number of imidazole rings is 1. The number of aromatic carboxylic acids is 1. The van der Waals surface area contributed by atoms with Crippen LogP contribution < -0.4 is 19.7 Å². The number of carboxylic acids is 1. The van der Waals surface area contributed by atoms with Gasteiger partial charge in [0.05, 0.1) is 26.1 Å². The zero-order chi connectivity index (χ0) is 22.7. The molecule has 2 N–H and O–H groups in total. The molecule has 164 valence electrons. The van der Waals surface area contributed by atoms with Crippen molar-refractivity contribution in [3.05, 3.63) is 66.1 Å². The van der Waals surface area contributed by atoms with Gasteiger partial charge in [0.2, 0.25) is 5.88 Å². The Hall–Kier alpha value is -4.34. The van der Waals surface area contributed by atoms with Gasteiger partial charge >= 0.3 is 5.97 Å². The number of nitrogens with zero attached hydrogens (tertiary/aromatic N) is 5. The van der Waals surface area contributed by atoms with Crippen molar-refractivity contribution in [2.24, 2.45) is 0 Å². The zero-order valence-electron chi connectivity index (χ0n) is 17.8. The zero-order valence-corrected chi connectivity index (χ0v) is 17.8. The normalized spacial score (nSPS) is 10.7. The second-order valence-corrected chi connectivity index (χ2v) is 6.99. The summed E-state index contributed by atoms with van der Waals surface area (Å²) in [5.74, 6) is 0.469. The second-order valence-electron chi connectivity index (χ2n) is 6.99. The number of methoxy groups -OCH3 is 2. The highest BCUT2D eigenvalue weighted by Gasteiger charge is 2.19. The van der Waals surface area contributed by atoms with Crippen molar-refractivity contribution in [1.82, 2.24) is 19.6 Å². The Morgan fingerprint density at radius 2 is 1.94 bits per heavy atom. The van der Waals surface area contributed by atoms with E-state index in [0.717, 1.165) is 11.3 Å². The van der Waals surface area contributed by atoms with Crippen LogP contribution in [0.2, 0.25) is 0 Å². The van der Waals surface area contributed by atoms with Crippen LogP contribution in [0.4, 0.5) is 17.2 Å². The molecule has 0 radical (unpaired) electrons. The lowest BCUT2D eigenvalue weighted by Crippen LogP contribution is -2.19. The first-order chi connectivity index (χ1) is 15.5. The Bertz CT molecular complexity index is 1260. The number of ether oxygens (including phenoxy) is 2. The van der Waals surface area contributed by atoms with E-state index in [1.165, 1.54) is 17.8 Å². The summed E-state index contributed by atoms with van der Waals surface area (Å²) in [6.45, 7) is 0.564. The van der Waals surface area contributed by atoms with Crippen LogP contribution in [0.3, 0.4) is 0 Å². The molecule has 0 unspecified atom stereocenters. The lowest BCUT2D eigenvalue weighted by Gasteiger charge is -2.21. The number of benzene rings is 1. The van der Waals surface area contributed by atoms with Crippen molar-refractivity contribution in [3.63, 3.8) is 0 Å². The minimum Gasteiger partial charge on any atom is -0.497 e. The lowest BCUT2D eigenvalue weighted by molar-refractivity contribution is 0.0688. The molecule has 10 nitrogen and oxygen atoms in total. The molecule has 0 spiro atoms. The van der Waals surface area contributed by atoms with Crippen LogP contribution in [-0.2, 0) is 6.54 Å². The standard InChI is InChI=1S/C22H22N6O4/c1-27(13-14-6-8-15(31-2)9-7-14)17-11-19(25-16-5-4-10-23-21(16)32-3)26-28-18(22(29)30)12-24-20(17)28/h4-12H,13H2,1-3H3,(H,25,26)(H,29,30). The molecular formula is C22H22N6O4. The molecule has 0 amide bonds. The molecule has 1 aromatic carbocycles. The van der Waals surface area contributed by atoms with E-state index >= 15 is 0 Å². The summed E-state index contributed by atoms with van der Waals surface area (Å²) in [5, 5.41) is 17.2. The van der Waals surface area contributed by atoms with Crippen molar-refractivity contribution >= 4 is 28.8 Å². The first-order valence-corrected chi connectivity index (χ1v) is 9.72. The van der Waals surface area contributed by atoms with Crippen molar-refractivity contribution in [3.8, 4) is 11.6 Å². The van der Waals surface area contributed by atoms with Crippen LogP contribution in [0, 0.1) is 0 Å². The van der Waals surface area contributed by atoms with Crippen molar-refractivity contribution in [2.45, 2.75) is 6.54 Å². The number of hydrogen-bond donors (Lipinski definition) is 2. The molecular weight excluding hydrogens is 412 g/mol. The van der Waals surface area contributed by atoms with Crippen LogP contribution in [0.1, 0.15) is 16.1 Å². The monoisotopic (exact) mass is 434 g/mol. The smallest absolute Gasteiger partial charge is 0.356 e. The summed E-state index contributed by atoms with van der Waals surface area (Å²) in [6.07, 6.45) is 2.91. The SMILES string of the molecule is COc1ccc(CN(C)c2cc(Nc3cccnc3OC)nn3c(C(=O)O)cnc23)cc1. The molecule has 0 saturated carbocycles. The molecule has 0 aliphatic rings. The molecule has 4 rings (SSSR count). The fourth-order valence-corrected chi connectivity index (χ4v) is 3.32. The van der Waals surface area contributed by atoms with Gasteiger partial charge in [0.1, 0.15) is 11.4 Å². The predicted molar refractivity (Wildman–Crippen MR) is 119 cm³/mol. The Kier molecular flexibility index (Phi) is 5.75. The second kappa shape index (κ2) is 8.80. The number of aromatic nitrogens is 4. The number of pyridine rings is 1. The highest BCUT2D eigenvalue weighted by Crippen LogP contribution is 2.29. The Morgan fingerprint density at radius 3 is 2.62 bits per heavy atom. The van der Waals surface area contributed by atoms with Gasteiger partial charge in [-0.15, -0.1) is 5.10 Å². The maximum atomic E-state index is 11.7. The van der Waals surface area contributed by atoms with Gasteiger partial charge in [-0.3, -0.25) is 0 Å². The van der Waals surface area contributed by atoms with E-state index < -0.39 is 5.97 Å². The van der Waals surface area contributed by atoms with Crippen molar-refractivity contribution < 1.29 is 19.4 Å². The van der Waals surface area contributed by atoms with Crippen LogP contribution in [0.5, 0.6) is 11.6 Å². The van der Waals surface area contributed by atoms with Gasteiger partial charge in [0, 0.05) is 25.9 Å². The summed E-state index contributed by atoms with van der Waals surface area (Å²) in [6, 6.07) is 13.1. The summed E-state index contributed by atoms with van der Waals surface area (Å²) in [7, 11) is 5.05. The highest BCUT2D eigenvalue weighted by atomic mass is 16.5. The molecule has 3 heterocycles. The third-order valence-corrected chi connectivity index (χ3v) is 4.88. The molecule has 0 aliphatic heterocycles. The third-order valence-electron chi connectivity index (χ3n) is 4.88. The first-order valence-electron chi connectivity index (χ1n) is 9.72. The predicted octanol–water partition coefficient (Wildman–Crippen LogP) is 3.22. The van der Waals surface area contributed by atoms with E-state index in [2.05, 4.69) is 20.4 Å². The van der Waals surface area contributed by atoms with E-state index in [4.69, 9.17) is 9.47 Å². The Labute approximate surface area is 184 Å². The number of fused-ring (bicyclic) bond motifs is 1. The quantitative estimate of drug-likeness (QED) is 0.431. The molecule has 10 heteroatoms.